The van der Waals surface area contributed by atoms with E-state index in [4.69, 9.17) is 4.74 Å². The van der Waals surface area contributed by atoms with Crippen molar-refractivity contribution < 1.29 is 4.74 Å². The van der Waals surface area contributed by atoms with E-state index in [2.05, 4.69) is 10.3 Å². The van der Waals surface area contributed by atoms with E-state index in [0.29, 0.717) is 12.4 Å². The first-order chi connectivity index (χ1) is 11.7. The molecule has 0 radical (unpaired) electrons. The van der Waals surface area contributed by atoms with Crippen molar-refractivity contribution >= 4 is 5.82 Å². The summed E-state index contributed by atoms with van der Waals surface area (Å²) in [5.41, 5.74) is 2.89. The van der Waals surface area contributed by atoms with E-state index in [9.17, 15) is 4.79 Å². The van der Waals surface area contributed by atoms with E-state index < -0.39 is 0 Å². The fourth-order valence-electron chi connectivity index (χ4n) is 2.37. The van der Waals surface area contributed by atoms with Crippen LogP contribution >= 0.6 is 0 Å². The van der Waals surface area contributed by atoms with Crippen LogP contribution in [0.2, 0.25) is 0 Å². The first-order valence-corrected chi connectivity index (χ1v) is 7.69. The van der Waals surface area contributed by atoms with Crippen molar-refractivity contribution in [1.82, 2.24) is 9.55 Å². The number of methoxy groups -OCH3 is 1. The molecule has 122 valence electrons. The third-order valence-electron chi connectivity index (χ3n) is 3.77. The average molecular weight is 321 g/mol. The van der Waals surface area contributed by atoms with E-state index in [0.717, 1.165) is 17.0 Å². The summed E-state index contributed by atoms with van der Waals surface area (Å²) in [6.45, 7) is 2.60. The fraction of sp³-hybridized carbons (Fsp3) is 0.158. The maximum atomic E-state index is 12.6. The summed E-state index contributed by atoms with van der Waals surface area (Å²) < 4.78 is 6.70. The molecule has 1 heterocycles. The molecule has 5 nitrogen and oxygen atoms in total. The molecule has 0 bridgehead atoms. The number of nitrogens with zero attached hydrogens (tertiary/aromatic N) is 2. The van der Waals surface area contributed by atoms with Crippen molar-refractivity contribution in [2.24, 2.45) is 0 Å². The van der Waals surface area contributed by atoms with Gasteiger partial charge in [-0.2, -0.15) is 0 Å². The van der Waals surface area contributed by atoms with E-state index in [1.165, 1.54) is 5.56 Å². The minimum Gasteiger partial charge on any atom is -0.497 e. The lowest BCUT2D eigenvalue weighted by molar-refractivity contribution is 0.414. The van der Waals surface area contributed by atoms with Gasteiger partial charge in [0.1, 0.15) is 5.75 Å². The molecular formula is C19H19N3O2. The third kappa shape index (κ3) is 3.46. The summed E-state index contributed by atoms with van der Waals surface area (Å²) in [6, 6.07) is 15.5. The summed E-state index contributed by atoms with van der Waals surface area (Å²) in [4.78, 5) is 16.8. The Labute approximate surface area is 140 Å². The largest absolute Gasteiger partial charge is 0.497 e. The number of hydrogen-bond donors (Lipinski definition) is 1. The van der Waals surface area contributed by atoms with Gasteiger partial charge in [-0.15, -0.1) is 0 Å². The Morgan fingerprint density at radius 3 is 2.46 bits per heavy atom. The van der Waals surface area contributed by atoms with Gasteiger partial charge in [0.05, 0.1) is 7.11 Å². The SMILES string of the molecule is COc1ccc(-n2ccnc(NCc3ccc(C)cc3)c2=O)cc1. The molecule has 24 heavy (non-hydrogen) atoms. The zero-order valence-electron chi connectivity index (χ0n) is 13.7. The Morgan fingerprint density at radius 2 is 1.79 bits per heavy atom. The number of ether oxygens (including phenoxy) is 1. The maximum absolute atomic E-state index is 12.6. The van der Waals surface area contributed by atoms with Crippen LogP contribution in [0.3, 0.4) is 0 Å². The van der Waals surface area contributed by atoms with Crippen LogP contribution in [0.15, 0.2) is 65.7 Å². The molecule has 0 amide bonds. The van der Waals surface area contributed by atoms with Crippen LogP contribution in [0.1, 0.15) is 11.1 Å². The highest BCUT2D eigenvalue weighted by Crippen LogP contribution is 2.14. The van der Waals surface area contributed by atoms with Crippen molar-refractivity contribution in [3.63, 3.8) is 0 Å². The highest BCUT2D eigenvalue weighted by molar-refractivity contribution is 5.41. The van der Waals surface area contributed by atoms with E-state index >= 15 is 0 Å². The van der Waals surface area contributed by atoms with Gasteiger partial charge in [0.25, 0.3) is 5.56 Å². The van der Waals surface area contributed by atoms with Crippen LogP contribution < -0.4 is 15.6 Å². The van der Waals surface area contributed by atoms with Gasteiger partial charge < -0.3 is 10.1 Å². The van der Waals surface area contributed by atoms with Gasteiger partial charge in [-0.05, 0) is 36.8 Å². The minimum atomic E-state index is -0.185. The molecule has 2 aromatic carbocycles. The molecule has 0 aliphatic rings. The predicted molar refractivity (Wildman–Crippen MR) is 94.9 cm³/mol. The topological polar surface area (TPSA) is 56.1 Å². The Balaban J connectivity index is 1.82. The molecule has 3 rings (SSSR count). The van der Waals surface area contributed by atoms with Crippen LogP contribution in [0, 0.1) is 6.92 Å². The number of benzene rings is 2. The van der Waals surface area contributed by atoms with Crippen LogP contribution in [0.25, 0.3) is 5.69 Å². The van der Waals surface area contributed by atoms with Crippen LogP contribution in [0.4, 0.5) is 5.82 Å². The molecule has 0 aliphatic heterocycles. The monoisotopic (exact) mass is 321 g/mol. The van der Waals surface area contributed by atoms with Gasteiger partial charge in [0.15, 0.2) is 5.82 Å². The van der Waals surface area contributed by atoms with Crippen molar-refractivity contribution in [2.45, 2.75) is 13.5 Å². The van der Waals surface area contributed by atoms with Crippen LogP contribution in [-0.4, -0.2) is 16.7 Å². The quantitative estimate of drug-likeness (QED) is 0.784. The molecule has 0 saturated heterocycles. The summed E-state index contributed by atoms with van der Waals surface area (Å²) in [7, 11) is 1.61. The van der Waals surface area contributed by atoms with E-state index in [1.54, 1.807) is 24.1 Å². The molecular weight excluding hydrogens is 302 g/mol. The first kappa shape index (κ1) is 15.8. The standard InChI is InChI=1S/C19H19N3O2/c1-14-3-5-15(6-4-14)13-21-18-19(23)22(12-11-20-18)16-7-9-17(24-2)10-8-16/h3-12H,13H2,1-2H3,(H,20,21). The fourth-order valence-corrected chi connectivity index (χ4v) is 2.37. The molecule has 0 saturated carbocycles. The number of nitrogens with one attached hydrogen (secondary N) is 1. The molecule has 1 N–H and O–H groups in total. The lowest BCUT2D eigenvalue weighted by atomic mass is 10.1. The number of anilines is 1. The van der Waals surface area contributed by atoms with Crippen molar-refractivity contribution in [1.29, 1.82) is 0 Å². The Morgan fingerprint density at radius 1 is 1.08 bits per heavy atom. The molecule has 0 spiro atoms. The normalized spacial score (nSPS) is 10.4. The lowest BCUT2D eigenvalue weighted by Crippen LogP contribution is -2.23. The Kier molecular flexibility index (Phi) is 4.61. The minimum absolute atomic E-state index is 0.185. The van der Waals surface area contributed by atoms with Gasteiger partial charge in [-0.1, -0.05) is 29.8 Å². The van der Waals surface area contributed by atoms with Gasteiger partial charge in [0, 0.05) is 24.6 Å². The molecule has 0 fully saturated rings. The van der Waals surface area contributed by atoms with Gasteiger partial charge >= 0.3 is 0 Å². The molecule has 5 heteroatoms. The van der Waals surface area contributed by atoms with Gasteiger partial charge in [-0.25, -0.2) is 4.98 Å². The number of aromatic nitrogens is 2. The second-order valence-electron chi connectivity index (χ2n) is 5.49. The molecule has 0 atom stereocenters. The smallest absolute Gasteiger partial charge is 0.297 e. The van der Waals surface area contributed by atoms with Crippen molar-refractivity contribution in [2.75, 3.05) is 12.4 Å². The first-order valence-electron chi connectivity index (χ1n) is 7.69. The highest BCUT2D eigenvalue weighted by atomic mass is 16.5. The average Bonchev–Trinajstić information content (AvgIpc) is 2.62. The summed E-state index contributed by atoms with van der Waals surface area (Å²) >= 11 is 0. The number of aryl methyl sites for hydroxylation is 1. The van der Waals surface area contributed by atoms with E-state index in [1.807, 2.05) is 55.5 Å². The van der Waals surface area contributed by atoms with E-state index in [-0.39, 0.29) is 5.56 Å². The number of hydrogen-bond acceptors (Lipinski definition) is 4. The second-order valence-corrected chi connectivity index (χ2v) is 5.49. The van der Waals surface area contributed by atoms with Crippen molar-refractivity contribution in [3.8, 4) is 11.4 Å². The lowest BCUT2D eigenvalue weighted by Gasteiger charge is -2.10. The molecule has 0 aliphatic carbocycles. The Hall–Kier alpha value is -3.08. The summed E-state index contributed by atoms with van der Waals surface area (Å²) in [5, 5.41) is 3.11. The van der Waals surface area contributed by atoms with Gasteiger partial charge in [0.2, 0.25) is 0 Å². The third-order valence-corrected chi connectivity index (χ3v) is 3.77. The summed E-state index contributed by atoms with van der Waals surface area (Å²) in [6.07, 6.45) is 3.27. The molecule has 1 aromatic heterocycles. The van der Waals surface area contributed by atoms with Crippen LogP contribution in [0.5, 0.6) is 5.75 Å². The number of rotatable bonds is 5. The second kappa shape index (κ2) is 7.00. The Bertz CT molecular complexity index is 868. The maximum Gasteiger partial charge on any atom is 0.297 e. The van der Waals surface area contributed by atoms with Crippen LogP contribution in [-0.2, 0) is 6.54 Å². The zero-order valence-corrected chi connectivity index (χ0v) is 13.7. The zero-order chi connectivity index (χ0) is 16.9. The van der Waals surface area contributed by atoms with Gasteiger partial charge in [-0.3, -0.25) is 9.36 Å². The predicted octanol–water partition coefficient (Wildman–Crippen LogP) is 3.16. The molecule has 0 unspecified atom stereocenters. The molecule has 3 aromatic rings. The van der Waals surface area contributed by atoms with Crippen molar-refractivity contribution in [3.05, 3.63) is 82.4 Å². The highest BCUT2D eigenvalue weighted by Gasteiger charge is 2.06. The summed E-state index contributed by atoms with van der Waals surface area (Å²) in [5.74, 6) is 1.08.